The predicted molar refractivity (Wildman–Crippen MR) is 67.7 cm³/mol. The molecule has 3 heteroatoms. The summed E-state index contributed by atoms with van der Waals surface area (Å²) in [4.78, 5) is 11.6. The highest BCUT2D eigenvalue weighted by molar-refractivity contribution is 8.02. The lowest BCUT2D eigenvalue weighted by Crippen LogP contribution is -1.95. The molecule has 0 aliphatic rings. The van der Waals surface area contributed by atoms with Gasteiger partial charge in [0.25, 0.3) is 0 Å². The molecule has 15 heavy (non-hydrogen) atoms. The third kappa shape index (κ3) is 4.54. The molecule has 1 aromatic carbocycles. The maximum Gasteiger partial charge on any atom is 0.166 e. The Labute approximate surface area is 99.5 Å². The zero-order valence-corrected chi connectivity index (χ0v) is 10.1. The van der Waals surface area contributed by atoms with E-state index in [0.29, 0.717) is 17.0 Å². The summed E-state index contributed by atoms with van der Waals surface area (Å²) < 4.78 is 0. The van der Waals surface area contributed by atoms with E-state index in [-0.39, 0.29) is 5.78 Å². The van der Waals surface area contributed by atoms with Crippen molar-refractivity contribution in [1.82, 2.24) is 0 Å². The number of thioether (sulfide) groups is 1. The molecule has 1 nitrogen and oxygen atoms in total. The number of Topliss-reactive ketones (excluding diaryl/α,β-unsaturated/α-hetero) is 1. The van der Waals surface area contributed by atoms with Crippen LogP contribution in [-0.4, -0.2) is 11.5 Å². The normalized spacial score (nSPS) is 10.8. The molecule has 0 spiro atoms. The Hall–Kier alpha value is -0.730. The van der Waals surface area contributed by atoms with E-state index in [4.69, 9.17) is 11.6 Å². The van der Waals surface area contributed by atoms with Crippen molar-refractivity contribution >= 4 is 29.1 Å². The van der Waals surface area contributed by atoms with Crippen molar-refractivity contribution in [3.63, 3.8) is 0 Å². The SMILES string of the molecule is CCS/C=C/CC(=O)c1ccc(Cl)cc1. The Morgan fingerprint density at radius 1 is 1.40 bits per heavy atom. The Bertz CT molecular complexity index is 343. The molecule has 0 saturated heterocycles. The minimum absolute atomic E-state index is 0.125. The molecule has 0 N–H and O–H groups in total. The number of carbonyl (C=O) groups is 1. The van der Waals surface area contributed by atoms with Crippen molar-refractivity contribution in [2.45, 2.75) is 13.3 Å². The van der Waals surface area contributed by atoms with E-state index in [0.717, 1.165) is 5.75 Å². The first-order valence-corrected chi connectivity index (χ1v) is 6.22. The Morgan fingerprint density at radius 2 is 2.07 bits per heavy atom. The first-order chi connectivity index (χ1) is 7.24. The number of hydrogen-bond donors (Lipinski definition) is 0. The van der Waals surface area contributed by atoms with Crippen LogP contribution >= 0.6 is 23.4 Å². The largest absolute Gasteiger partial charge is 0.294 e. The second kappa shape index (κ2) is 6.70. The lowest BCUT2D eigenvalue weighted by molar-refractivity contribution is 0.0996. The third-order valence-corrected chi connectivity index (χ3v) is 2.80. The van der Waals surface area contributed by atoms with Gasteiger partial charge in [-0.05, 0) is 35.4 Å². The molecule has 0 amide bonds. The molecule has 0 aliphatic heterocycles. The van der Waals surface area contributed by atoms with Gasteiger partial charge in [-0.15, -0.1) is 11.8 Å². The highest BCUT2D eigenvalue weighted by atomic mass is 35.5. The molecular formula is C12H13ClOS. The summed E-state index contributed by atoms with van der Waals surface area (Å²) in [5.74, 6) is 1.16. The van der Waals surface area contributed by atoms with Crippen LogP contribution in [0.1, 0.15) is 23.7 Å². The van der Waals surface area contributed by atoms with Crippen LogP contribution in [0.5, 0.6) is 0 Å². The summed E-state index contributed by atoms with van der Waals surface area (Å²) in [6.07, 6.45) is 2.35. The van der Waals surface area contributed by atoms with Gasteiger partial charge in [0.2, 0.25) is 0 Å². The fraction of sp³-hybridized carbons (Fsp3) is 0.250. The van der Waals surface area contributed by atoms with E-state index < -0.39 is 0 Å². The van der Waals surface area contributed by atoms with Crippen molar-refractivity contribution in [2.75, 3.05) is 5.75 Å². The summed E-state index contributed by atoms with van der Waals surface area (Å²) in [5.41, 5.74) is 0.713. The summed E-state index contributed by atoms with van der Waals surface area (Å²) in [6.45, 7) is 2.08. The average molecular weight is 241 g/mol. The van der Waals surface area contributed by atoms with Gasteiger partial charge < -0.3 is 0 Å². The maximum absolute atomic E-state index is 11.6. The van der Waals surface area contributed by atoms with Gasteiger partial charge >= 0.3 is 0 Å². The van der Waals surface area contributed by atoms with Crippen molar-refractivity contribution < 1.29 is 4.79 Å². The van der Waals surface area contributed by atoms with Crippen LogP contribution in [0.2, 0.25) is 5.02 Å². The highest BCUT2D eigenvalue weighted by Crippen LogP contribution is 2.11. The van der Waals surface area contributed by atoms with Crippen LogP contribution in [0.25, 0.3) is 0 Å². The number of benzene rings is 1. The lowest BCUT2D eigenvalue weighted by Gasteiger charge is -1.97. The fourth-order valence-electron chi connectivity index (χ4n) is 1.07. The third-order valence-electron chi connectivity index (χ3n) is 1.83. The maximum atomic E-state index is 11.6. The van der Waals surface area contributed by atoms with Crippen molar-refractivity contribution in [1.29, 1.82) is 0 Å². The van der Waals surface area contributed by atoms with Crippen LogP contribution in [0, 0.1) is 0 Å². The monoisotopic (exact) mass is 240 g/mol. The molecular weight excluding hydrogens is 228 g/mol. The van der Waals surface area contributed by atoms with E-state index in [1.165, 1.54) is 0 Å². The standard InChI is InChI=1S/C12H13ClOS/c1-2-15-9-3-4-12(14)10-5-7-11(13)8-6-10/h3,5-9H,2,4H2,1H3/b9-3+. The molecule has 0 aromatic heterocycles. The van der Waals surface area contributed by atoms with E-state index in [9.17, 15) is 4.79 Å². The number of rotatable bonds is 5. The average Bonchev–Trinajstić information content (AvgIpc) is 2.25. The second-order valence-corrected chi connectivity index (χ2v) is 4.58. The van der Waals surface area contributed by atoms with Crippen LogP contribution in [-0.2, 0) is 0 Å². The highest BCUT2D eigenvalue weighted by Gasteiger charge is 2.02. The number of carbonyl (C=O) groups excluding carboxylic acids is 1. The molecule has 80 valence electrons. The molecule has 0 radical (unpaired) electrons. The van der Waals surface area contributed by atoms with Crippen molar-refractivity contribution in [2.24, 2.45) is 0 Å². The van der Waals surface area contributed by atoms with Gasteiger partial charge in [-0.3, -0.25) is 4.79 Å². The van der Waals surface area contributed by atoms with Gasteiger partial charge in [-0.25, -0.2) is 0 Å². The minimum Gasteiger partial charge on any atom is -0.294 e. The molecule has 0 fully saturated rings. The van der Waals surface area contributed by atoms with Crippen molar-refractivity contribution in [3.05, 3.63) is 46.3 Å². The van der Waals surface area contributed by atoms with Gasteiger partial charge in [0.15, 0.2) is 5.78 Å². The molecule has 0 heterocycles. The van der Waals surface area contributed by atoms with Crippen LogP contribution in [0.3, 0.4) is 0 Å². The second-order valence-electron chi connectivity index (χ2n) is 2.96. The Kier molecular flexibility index (Phi) is 5.51. The lowest BCUT2D eigenvalue weighted by atomic mass is 10.1. The van der Waals surface area contributed by atoms with Gasteiger partial charge in [-0.2, -0.15) is 0 Å². The van der Waals surface area contributed by atoms with Gasteiger partial charge in [0, 0.05) is 17.0 Å². The molecule has 0 unspecified atom stereocenters. The van der Waals surface area contributed by atoms with E-state index in [1.807, 2.05) is 11.5 Å². The van der Waals surface area contributed by atoms with Gasteiger partial charge in [0.1, 0.15) is 0 Å². The molecule has 0 atom stereocenters. The molecule has 0 aliphatic carbocycles. The zero-order chi connectivity index (χ0) is 11.1. The first-order valence-electron chi connectivity index (χ1n) is 4.79. The topological polar surface area (TPSA) is 17.1 Å². The van der Waals surface area contributed by atoms with E-state index >= 15 is 0 Å². The molecule has 0 bridgehead atoms. The number of ketones is 1. The zero-order valence-electron chi connectivity index (χ0n) is 8.57. The molecule has 1 aromatic rings. The summed E-state index contributed by atoms with van der Waals surface area (Å²) in [5, 5.41) is 2.62. The van der Waals surface area contributed by atoms with Crippen molar-refractivity contribution in [3.8, 4) is 0 Å². The fourth-order valence-corrected chi connectivity index (χ4v) is 1.62. The predicted octanol–water partition coefficient (Wildman–Crippen LogP) is 4.18. The van der Waals surface area contributed by atoms with Crippen LogP contribution in [0.4, 0.5) is 0 Å². The number of halogens is 1. The smallest absolute Gasteiger partial charge is 0.166 e. The minimum atomic E-state index is 0.125. The number of hydrogen-bond acceptors (Lipinski definition) is 2. The number of allylic oxidation sites excluding steroid dienone is 1. The van der Waals surface area contributed by atoms with Crippen LogP contribution in [0.15, 0.2) is 35.7 Å². The Morgan fingerprint density at radius 3 is 2.67 bits per heavy atom. The van der Waals surface area contributed by atoms with Gasteiger partial charge in [0.05, 0.1) is 0 Å². The Balaban J connectivity index is 2.50. The summed E-state index contributed by atoms with van der Waals surface area (Å²) in [7, 11) is 0. The first kappa shape index (κ1) is 12.3. The van der Waals surface area contributed by atoms with Crippen LogP contribution < -0.4 is 0 Å². The quantitative estimate of drug-likeness (QED) is 0.719. The van der Waals surface area contributed by atoms with E-state index in [2.05, 4.69) is 6.92 Å². The molecule has 0 saturated carbocycles. The summed E-state index contributed by atoms with van der Waals surface area (Å²) >= 11 is 7.43. The van der Waals surface area contributed by atoms with Gasteiger partial charge in [-0.1, -0.05) is 24.6 Å². The molecule has 1 rings (SSSR count). The van der Waals surface area contributed by atoms with E-state index in [1.54, 1.807) is 36.0 Å². The summed E-state index contributed by atoms with van der Waals surface area (Å²) in [6, 6.07) is 6.98.